The summed E-state index contributed by atoms with van der Waals surface area (Å²) >= 11 is 7.82. The van der Waals surface area contributed by atoms with E-state index in [1.54, 1.807) is 24.9 Å². The summed E-state index contributed by atoms with van der Waals surface area (Å²) in [5, 5.41) is 10.9. The van der Waals surface area contributed by atoms with Crippen molar-refractivity contribution in [3.05, 3.63) is 28.3 Å². The minimum Gasteiger partial charge on any atom is -0.496 e. The molecule has 2 unspecified atom stereocenters. The second-order valence-corrected chi connectivity index (χ2v) is 5.38. The molecule has 0 saturated carbocycles. The van der Waals surface area contributed by atoms with Crippen LogP contribution in [0.4, 0.5) is 0 Å². The topological polar surface area (TPSA) is 29.5 Å². The number of methoxy groups -OCH3 is 1. The highest BCUT2D eigenvalue weighted by molar-refractivity contribution is 7.99. The number of ether oxygens (including phenoxy) is 1. The Balaban J connectivity index is 2.56. The molecule has 0 radical (unpaired) electrons. The van der Waals surface area contributed by atoms with E-state index < -0.39 is 6.10 Å². The van der Waals surface area contributed by atoms with E-state index in [1.165, 1.54) is 0 Å². The monoisotopic (exact) mass is 244 g/mol. The average Bonchev–Trinajstić information content (AvgIpc) is 2.24. The molecule has 1 aliphatic rings. The zero-order valence-corrected chi connectivity index (χ0v) is 10.2. The number of aliphatic hydroxyl groups is 1. The third-order valence-electron chi connectivity index (χ3n) is 2.71. The highest BCUT2D eigenvalue weighted by atomic mass is 35.5. The van der Waals surface area contributed by atoms with E-state index >= 15 is 0 Å². The first-order chi connectivity index (χ1) is 7.15. The number of rotatable bonds is 1. The van der Waals surface area contributed by atoms with Gasteiger partial charge in [0.05, 0.1) is 13.2 Å². The molecule has 1 aromatic carbocycles. The SMILES string of the molecule is COc1ccc(Cl)c2c1CSC(C)C2O. The molecule has 0 saturated heterocycles. The van der Waals surface area contributed by atoms with Crippen LogP contribution in [-0.4, -0.2) is 17.5 Å². The lowest BCUT2D eigenvalue weighted by Crippen LogP contribution is -2.19. The molecule has 0 fully saturated rings. The van der Waals surface area contributed by atoms with Crippen LogP contribution >= 0.6 is 23.4 Å². The smallest absolute Gasteiger partial charge is 0.123 e. The van der Waals surface area contributed by atoms with Gasteiger partial charge in [-0.05, 0) is 12.1 Å². The molecule has 1 N–H and O–H groups in total. The molecule has 1 aliphatic heterocycles. The number of hydrogen-bond donors (Lipinski definition) is 1. The van der Waals surface area contributed by atoms with Gasteiger partial charge in [0.2, 0.25) is 0 Å². The maximum absolute atomic E-state index is 10.1. The summed E-state index contributed by atoms with van der Waals surface area (Å²) in [6, 6.07) is 3.63. The summed E-state index contributed by atoms with van der Waals surface area (Å²) in [7, 11) is 1.64. The Morgan fingerprint density at radius 3 is 2.93 bits per heavy atom. The van der Waals surface area contributed by atoms with E-state index in [1.807, 2.05) is 13.0 Å². The van der Waals surface area contributed by atoms with Gasteiger partial charge in [0, 0.05) is 27.2 Å². The van der Waals surface area contributed by atoms with Gasteiger partial charge in [0.1, 0.15) is 5.75 Å². The molecule has 2 rings (SSSR count). The lowest BCUT2D eigenvalue weighted by Gasteiger charge is -2.29. The van der Waals surface area contributed by atoms with Crippen LogP contribution < -0.4 is 4.74 Å². The van der Waals surface area contributed by atoms with Crippen molar-refractivity contribution in [2.24, 2.45) is 0 Å². The lowest BCUT2D eigenvalue weighted by molar-refractivity contribution is 0.176. The molecule has 0 spiro atoms. The Labute approximate surface area is 98.6 Å². The van der Waals surface area contributed by atoms with Crippen LogP contribution in [0.1, 0.15) is 24.2 Å². The van der Waals surface area contributed by atoms with Gasteiger partial charge in [0.25, 0.3) is 0 Å². The average molecular weight is 245 g/mol. The van der Waals surface area contributed by atoms with E-state index in [9.17, 15) is 5.11 Å². The first-order valence-corrected chi connectivity index (χ1v) is 6.22. The number of benzene rings is 1. The Hall–Kier alpha value is -0.380. The van der Waals surface area contributed by atoms with Crippen LogP contribution in [0.15, 0.2) is 12.1 Å². The van der Waals surface area contributed by atoms with Crippen molar-refractivity contribution in [1.82, 2.24) is 0 Å². The largest absolute Gasteiger partial charge is 0.496 e. The van der Waals surface area contributed by atoms with Crippen LogP contribution in [0, 0.1) is 0 Å². The highest BCUT2D eigenvalue weighted by Crippen LogP contribution is 2.44. The minimum absolute atomic E-state index is 0.183. The molecule has 2 atom stereocenters. The second kappa shape index (κ2) is 4.24. The molecule has 1 heterocycles. The van der Waals surface area contributed by atoms with Gasteiger partial charge in [-0.3, -0.25) is 0 Å². The van der Waals surface area contributed by atoms with Gasteiger partial charge in [-0.25, -0.2) is 0 Å². The summed E-state index contributed by atoms with van der Waals surface area (Å²) in [4.78, 5) is 0. The van der Waals surface area contributed by atoms with Gasteiger partial charge in [0.15, 0.2) is 0 Å². The van der Waals surface area contributed by atoms with Gasteiger partial charge in [-0.2, -0.15) is 11.8 Å². The third kappa shape index (κ3) is 1.84. The third-order valence-corrected chi connectivity index (χ3v) is 4.28. The summed E-state index contributed by atoms with van der Waals surface area (Å²) in [5.41, 5.74) is 1.86. The van der Waals surface area contributed by atoms with Gasteiger partial charge >= 0.3 is 0 Å². The molecule has 82 valence electrons. The number of halogens is 1. The first-order valence-electron chi connectivity index (χ1n) is 4.80. The lowest BCUT2D eigenvalue weighted by atomic mass is 10.00. The summed E-state index contributed by atoms with van der Waals surface area (Å²) in [6.45, 7) is 2.01. The molecule has 1 aromatic rings. The predicted octanol–water partition coefficient (Wildman–Crippen LogP) is 3.02. The maximum Gasteiger partial charge on any atom is 0.123 e. The van der Waals surface area contributed by atoms with E-state index in [2.05, 4.69) is 0 Å². The Bertz CT molecular complexity index is 381. The fourth-order valence-electron chi connectivity index (χ4n) is 1.82. The van der Waals surface area contributed by atoms with E-state index in [4.69, 9.17) is 16.3 Å². The number of hydrogen-bond acceptors (Lipinski definition) is 3. The van der Waals surface area contributed by atoms with Crippen molar-refractivity contribution >= 4 is 23.4 Å². The Morgan fingerprint density at radius 2 is 2.27 bits per heavy atom. The van der Waals surface area contributed by atoms with E-state index in [0.29, 0.717) is 5.02 Å². The first kappa shape index (κ1) is 11.1. The van der Waals surface area contributed by atoms with Crippen LogP contribution in [-0.2, 0) is 5.75 Å². The Kier molecular flexibility index (Phi) is 3.14. The number of thioether (sulfide) groups is 1. The minimum atomic E-state index is -0.499. The molecular weight excluding hydrogens is 232 g/mol. The standard InChI is InChI=1S/C11H13ClO2S/c1-6-11(13)10-7(5-15-6)9(14-2)4-3-8(10)12/h3-4,6,11,13H,5H2,1-2H3. The highest BCUT2D eigenvalue weighted by Gasteiger charge is 2.29. The fourth-order valence-corrected chi connectivity index (χ4v) is 3.15. The van der Waals surface area contributed by atoms with Crippen molar-refractivity contribution in [3.63, 3.8) is 0 Å². The quantitative estimate of drug-likeness (QED) is 0.824. The van der Waals surface area contributed by atoms with Gasteiger partial charge in [-0.15, -0.1) is 0 Å². The molecule has 0 aromatic heterocycles. The normalized spacial score (nSPS) is 24.8. The molecule has 0 amide bonds. The number of aliphatic hydroxyl groups excluding tert-OH is 1. The molecular formula is C11H13ClO2S. The summed E-state index contributed by atoms with van der Waals surface area (Å²) in [6.07, 6.45) is -0.499. The zero-order valence-electron chi connectivity index (χ0n) is 8.66. The molecule has 0 aliphatic carbocycles. The van der Waals surface area contributed by atoms with Crippen molar-refractivity contribution in [2.75, 3.05) is 7.11 Å². The van der Waals surface area contributed by atoms with Crippen LogP contribution in [0.3, 0.4) is 0 Å². The fraction of sp³-hybridized carbons (Fsp3) is 0.455. The van der Waals surface area contributed by atoms with Crippen molar-refractivity contribution in [1.29, 1.82) is 0 Å². The predicted molar refractivity (Wildman–Crippen MR) is 63.7 cm³/mol. The summed E-state index contributed by atoms with van der Waals surface area (Å²) < 4.78 is 5.27. The van der Waals surface area contributed by atoms with Gasteiger partial charge in [-0.1, -0.05) is 18.5 Å². The van der Waals surface area contributed by atoms with E-state index in [-0.39, 0.29) is 5.25 Å². The second-order valence-electron chi connectivity index (χ2n) is 3.60. The van der Waals surface area contributed by atoms with Crippen LogP contribution in [0.5, 0.6) is 5.75 Å². The van der Waals surface area contributed by atoms with Crippen molar-refractivity contribution < 1.29 is 9.84 Å². The van der Waals surface area contributed by atoms with Gasteiger partial charge < -0.3 is 9.84 Å². The number of fused-ring (bicyclic) bond motifs is 1. The Morgan fingerprint density at radius 1 is 1.53 bits per heavy atom. The summed E-state index contributed by atoms with van der Waals surface area (Å²) in [5.74, 6) is 1.66. The van der Waals surface area contributed by atoms with Crippen molar-refractivity contribution in [3.8, 4) is 5.75 Å². The van der Waals surface area contributed by atoms with Crippen LogP contribution in [0.2, 0.25) is 5.02 Å². The zero-order chi connectivity index (χ0) is 11.0. The maximum atomic E-state index is 10.1. The molecule has 15 heavy (non-hydrogen) atoms. The molecule has 2 nitrogen and oxygen atoms in total. The molecule has 0 bridgehead atoms. The van der Waals surface area contributed by atoms with E-state index in [0.717, 1.165) is 22.6 Å². The van der Waals surface area contributed by atoms with Crippen LogP contribution in [0.25, 0.3) is 0 Å². The molecule has 4 heteroatoms. The van der Waals surface area contributed by atoms with Crippen molar-refractivity contribution in [2.45, 2.75) is 24.0 Å².